The monoisotopic (exact) mass is 151 g/mol. The van der Waals surface area contributed by atoms with Crippen LogP contribution in [0.15, 0.2) is 0 Å². The fourth-order valence-electron chi connectivity index (χ4n) is 1.31. The third-order valence-corrected chi connectivity index (χ3v) is 1.86. The minimum absolute atomic E-state index is 0. The van der Waals surface area contributed by atoms with Crippen molar-refractivity contribution < 1.29 is 9.84 Å². The fraction of sp³-hybridized carbons (Fsp3) is 1.00. The van der Waals surface area contributed by atoms with Gasteiger partial charge >= 0.3 is 0 Å². The van der Waals surface area contributed by atoms with E-state index in [0.29, 0.717) is 6.61 Å². The Hall–Kier alpha value is 0.170. The van der Waals surface area contributed by atoms with Crippen molar-refractivity contribution in [3.05, 3.63) is 0 Å². The van der Waals surface area contributed by atoms with Crippen LogP contribution in [0.5, 0.6) is 0 Å². The zero-order valence-corrected chi connectivity index (χ0v) is 5.73. The van der Waals surface area contributed by atoms with Crippen LogP contribution >= 0.6 is 12.4 Å². The maximum absolute atomic E-state index is 9.14. The number of aliphatic hydroxyl groups is 1. The molecule has 3 nitrogen and oxygen atoms in total. The van der Waals surface area contributed by atoms with Gasteiger partial charge in [-0.25, -0.2) is 0 Å². The predicted molar refractivity (Wildman–Crippen MR) is 34.8 cm³/mol. The van der Waals surface area contributed by atoms with Gasteiger partial charge in [0.25, 0.3) is 0 Å². The van der Waals surface area contributed by atoms with E-state index in [9.17, 15) is 0 Å². The van der Waals surface area contributed by atoms with E-state index in [0.717, 1.165) is 6.54 Å². The maximum atomic E-state index is 9.14. The van der Waals surface area contributed by atoms with Crippen molar-refractivity contribution in [1.29, 1.82) is 0 Å². The van der Waals surface area contributed by atoms with Crippen LogP contribution in [0.3, 0.4) is 0 Å². The van der Waals surface area contributed by atoms with Crippen LogP contribution in [-0.4, -0.2) is 36.5 Å². The fourth-order valence-corrected chi connectivity index (χ4v) is 1.31. The molecule has 3 atom stereocenters. The molecule has 0 saturated carbocycles. The van der Waals surface area contributed by atoms with Crippen molar-refractivity contribution in [2.45, 2.75) is 18.2 Å². The predicted octanol–water partition coefficient (Wildman–Crippen LogP) is -0.860. The largest absolute Gasteiger partial charge is 0.389 e. The van der Waals surface area contributed by atoms with Crippen molar-refractivity contribution in [3.63, 3.8) is 0 Å². The summed E-state index contributed by atoms with van der Waals surface area (Å²) in [6.07, 6.45) is -0.157. The van der Waals surface area contributed by atoms with E-state index in [-0.39, 0.29) is 30.7 Å². The molecular formula is C5H10ClNO2. The molecule has 2 saturated heterocycles. The Bertz CT molecular complexity index is 91.1. The van der Waals surface area contributed by atoms with Gasteiger partial charge < -0.3 is 15.2 Å². The quantitative estimate of drug-likeness (QED) is 0.474. The third kappa shape index (κ3) is 0.942. The van der Waals surface area contributed by atoms with Gasteiger partial charge in [-0.05, 0) is 0 Å². The molecule has 0 radical (unpaired) electrons. The topological polar surface area (TPSA) is 41.5 Å². The molecule has 0 unspecified atom stereocenters. The van der Waals surface area contributed by atoms with Crippen LogP contribution in [0.4, 0.5) is 0 Å². The summed E-state index contributed by atoms with van der Waals surface area (Å²) in [5.41, 5.74) is 0. The molecule has 0 aromatic heterocycles. The molecule has 2 heterocycles. The number of morpholine rings is 1. The minimum Gasteiger partial charge on any atom is -0.389 e. The van der Waals surface area contributed by atoms with Crippen molar-refractivity contribution in [2.24, 2.45) is 0 Å². The van der Waals surface area contributed by atoms with Crippen LogP contribution in [0.25, 0.3) is 0 Å². The highest BCUT2D eigenvalue weighted by atomic mass is 35.5. The summed E-state index contributed by atoms with van der Waals surface area (Å²) in [4.78, 5) is 0. The number of halogens is 1. The van der Waals surface area contributed by atoms with Gasteiger partial charge in [0.15, 0.2) is 0 Å². The summed E-state index contributed by atoms with van der Waals surface area (Å²) in [5.74, 6) is 0. The highest BCUT2D eigenvalue weighted by molar-refractivity contribution is 5.85. The van der Waals surface area contributed by atoms with Crippen molar-refractivity contribution >= 4 is 12.4 Å². The zero-order chi connectivity index (χ0) is 5.56. The average Bonchev–Trinajstić information content (AvgIpc) is 2.29. The van der Waals surface area contributed by atoms with Gasteiger partial charge in [-0.2, -0.15) is 0 Å². The Morgan fingerprint density at radius 3 is 2.44 bits per heavy atom. The molecule has 2 aliphatic heterocycles. The highest BCUT2D eigenvalue weighted by Gasteiger charge is 2.41. The van der Waals surface area contributed by atoms with E-state index in [2.05, 4.69) is 5.32 Å². The number of hydrogen-bond acceptors (Lipinski definition) is 3. The molecule has 2 rings (SSSR count). The first kappa shape index (κ1) is 7.28. The number of ether oxygens (including phenoxy) is 1. The average molecular weight is 152 g/mol. The minimum atomic E-state index is -0.241. The first-order valence-electron chi connectivity index (χ1n) is 2.91. The molecule has 0 spiro atoms. The lowest BCUT2D eigenvalue weighted by Crippen LogP contribution is -2.32. The molecule has 0 aromatic rings. The third-order valence-electron chi connectivity index (χ3n) is 1.86. The second kappa shape index (κ2) is 2.42. The van der Waals surface area contributed by atoms with Crippen LogP contribution in [0, 0.1) is 0 Å². The van der Waals surface area contributed by atoms with Gasteiger partial charge in [0.1, 0.15) is 0 Å². The summed E-state index contributed by atoms with van der Waals surface area (Å²) < 4.78 is 5.15. The Morgan fingerprint density at radius 2 is 2.33 bits per heavy atom. The molecule has 2 fully saturated rings. The number of aliphatic hydroxyl groups excluding tert-OH is 1. The van der Waals surface area contributed by atoms with Gasteiger partial charge in [-0.1, -0.05) is 0 Å². The summed E-state index contributed by atoms with van der Waals surface area (Å²) in [6.45, 7) is 1.51. The summed E-state index contributed by atoms with van der Waals surface area (Å²) in [7, 11) is 0. The van der Waals surface area contributed by atoms with Gasteiger partial charge in [-0.3, -0.25) is 0 Å². The standard InChI is InChI=1S/C5H9NO2.ClH/c7-5-3-2-8-4(5)1-6-3;/h3-7H,1-2H2;1H/t3-,4-,5+;/m1./s1. The van der Waals surface area contributed by atoms with Crippen LogP contribution in [0.2, 0.25) is 0 Å². The van der Waals surface area contributed by atoms with E-state index >= 15 is 0 Å². The lowest BCUT2D eigenvalue weighted by Gasteiger charge is -2.08. The SMILES string of the molecule is Cl.O[C@H]1[C@H]2CO[C@@H]1CN2. The number of hydrogen-bond donors (Lipinski definition) is 2. The Balaban J connectivity index is 0.000000405. The second-order valence-corrected chi connectivity index (χ2v) is 2.38. The van der Waals surface area contributed by atoms with Gasteiger partial charge in [-0.15, -0.1) is 12.4 Å². The highest BCUT2D eigenvalue weighted by Crippen LogP contribution is 2.19. The summed E-state index contributed by atoms with van der Waals surface area (Å²) in [6, 6.07) is 0.222. The van der Waals surface area contributed by atoms with E-state index in [4.69, 9.17) is 9.84 Å². The van der Waals surface area contributed by atoms with Crippen molar-refractivity contribution in [1.82, 2.24) is 5.32 Å². The van der Waals surface area contributed by atoms with Gasteiger partial charge in [0, 0.05) is 6.54 Å². The number of fused-ring (bicyclic) bond motifs is 2. The molecule has 0 aliphatic carbocycles. The lowest BCUT2D eigenvalue weighted by atomic mass is 10.2. The summed E-state index contributed by atoms with van der Waals surface area (Å²) in [5, 5.41) is 12.3. The second-order valence-electron chi connectivity index (χ2n) is 2.38. The normalized spacial score (nSPS) is 47.0. The number of nitrogens with one attached hydrogen (secondary N) is 1. The smallest absolute Gasteiger partial charge is 0.0989 e. The van der Waals surface area contributed by atoms with Crippen molar-refractivity contribution in [2.75, 3.05) is 13.2 Å². The van der Waals surface area contributed by atoms with E-state index in [1.807, 2.05) is 0 Å². The van der Waals surface area contributed by atoms with E-state index in [1.165, 1.54) is 0 Å². The molecule has 2 N–H and O–H groups in total. The molecule has 9 heavy (non-hydrogen) atoms. The van der Waals surface area contributed by atoms with Crippen molar-refractivity contribution in [3.8, 4) is 0 Å². The maximum Gasteiger partial charge on any atom is 0.0989 e. The Morgan fingerprint density at radius 1 is 1.56 bits per heavy atom. The number of rotatable bonds is 0. The molecule has 54 valence electrons. The first-order valence-corrected chi connectivity index (χ1v) is 2.91. The summed E-state index contributed by atoms with van der Waals surface area (Å²) >= 11 is 0. The molecule has 2 bridgehead atoms. The molecule has 0 aromatic carbocycles. The molecule has 0 amide bonds. The van der Waals surface area contributed by atoms with E-state index < -0.39 is 0 Å². The lowest BCUT2D eigenvalue weighted by molar-refractivity contribution is 0.0519. The molecular weight excluding hydrogens is 142 g/mol. The molecule has 2 aliphatic rings. The van der Waals surface area contributed by atoms with Crippen LogP contribution in [-0.2, 0) is 4.74 Å². The Labute approximate surface area is 59.8 Å². The van der Waals surface area contributed by atoms with E-state index in [1.54, 1.807) is 0 Å². The van der Waals surface area contributed by atoms with Gasteiger partial charge in [0.05, 0.1) is 24.9 Å². The van der Waals surface area contributed by atoms with Crippen LogP contribution in [0.1, 0.15) is 0 Å². The Kier molecular flexibility index (Phi) is 1.96. The first-order chi connectivity index (χ1) is 3.88. The van der Waals surface area contributed by atoms with Crippen LogP contribution < -0.4 is 5.32 Å². The zero-order valence-electron chi connectivity index (χ0n) is 4.91. The van der Waals surface area contributed by atoms with Gasteiger partial charge in [0.2, 0.25) is 0 Å². The molecule has 4 heteroatoms.